The van der Waals surface area contributed by atoms with Crippen LogP contribution in [-0.2, 0) is 14.3 Å². The van der Waals surface area contributed by atoms with Crippen molar-refractivity contribution < 1.29 is 23.5 Å². The predicted molar refractivity (Wildman–Crippen MR) is 100 cm³/mol. The average Bonchev–Trinajstić information content (AvgIpc) is 3.15. The normalized spacial score (nSPS) is 12.9. The first-order valence-electron chi connectivity index (χ1n) is 8.40. The van der Waals surface area contributed by atoms with Gasteiger partial charge in [0.2, 0.25) is 0 Å². The number of rotatable bonds is 7. The largest absolute Gasteiger partial charge is 0.459 e. The highest BCUT2D eigenvalue weighted by Gasteiger charge is 2.30. The third-order valence-electron chi connectivity index (χ3n) is 3.75. The van der Waals surface area contributed by atoms with E-state index in [0.717, 1.165) is 0 Å². The summed E-state index contributed by atoms with van der Waals surface area (Å²) in [6, 6.07) is 8.84. The van der Waals surface area contributed by atoms with Crippen LogP contribution in [0.3, 0.4) is 0 Å². The minimum atomic E-state index is -1.07. The van der Waals surface area contributed by atoms with Gasteiger partial charge in [-0.2, -0.15) is 0 Å². The molecule has 1 unspecified atom stereocenters. The van der Waals surface area contributed by atoms with E-state index in [9.17, 15) is 14.4 Å². The molecule has 2 N–H and O–H groups in total. The number of amides is 2. The van der Waals surface area contributed by atoms with E-state index in [2.05, 4.69) is 10.6 Å². The zero-order valence-electron chi connectivity index (χ0n) is 15.2. The number of nitrogens with one attached hydrogen (secondary N) is 2. The lowest BCUT2D eigenvalue weighted by Gasteiger charge is -2.22. The Bertz CT molecular complexity index is 804. The van der Waals surface area contributed by atoms with Gasteiger partial charge in [0, 0.05) is 0 Å². The molecule has 2 aromatic rings. The van der Waals surface area contributed by atoms with Crippen LogP contribution in [0, 0.1) is 5.92 Å². The fourth-order valence-electron chi connectivity index (χ4n) is 2.22. The Hall–Kier alpha value is -2.80. The van der Waals surface area contributed by atoms with Gasteiger partial charge in [-0.15, -0.1) is 0 Å². The molecule has 144 valence electrons. The van der Waals surface area contributed by atoms with Crippen LogP contribution in [0.2, 0.25) is 5.02 Å². The molecule has 2 amide bonds. The number of ether oxygens (including phenoxy) is 1. The average molecular weight is 393 g/mol. The lowest BCUT2D eigenvalue weighted by molar-refractivity contribution is -0.156. The second kappa shape index (κ2) is 9.23. The minimum Gasteiger partial charge on any atom is -0.459 e. The Morgan fingerprint density at radius 2 is 1.78 bits per heavy atom. The molecular weight excluding hydrogens is 372 g/mol. The zero-order valence-corrected chi connectivity index (χ0v) is 15.9. The monoisotopic (exact) mass is 392 g/mol. The predicted octanol–water partition coefficient (Wildman–Crippen LogP) is 3.26. The van der Waals surface area contributed by atoms with E-state index in [1.807, 2.05) is 0 Å². The van der Waals surface area contributed by atoms with Crippen LogP contribution in [0.5, 0.6) is 0 Å². The summed E-state index contributed by atoms with van der Waals surface area (Å²) in [6.45, 7) is 4.95. The summed E-state index contributed by atoms with van der Waals surface area (Å²) in [5, 5.41) is 5.53. The van der Waals surface area contributed by atoms with Gasteiger partial charge in [0.05, 0.1) is 17.0 Å². The lowest BCUT2D eigenvalue weighted by atomic mass is 10.0. The van der Waals surface area contributed by atoms with Crippen LogP contribution in [0.15, 0.2) is 47.1 Å². The van der Waals surface area contributed by atoms with Crippen molar-refractivity contribution >= 4 is 35.1 Å². The van der Waals surface area contributed by atoms with Gasteiger partial charge in [-0.25, -0.2) is 4.79 Å². The lowest BCUT2D eigenvalue weighted by Crippen LogP contribution is -2.47. The molecule has 0 aliphatic heterocycles. The van der Waals surface area contributed by atoms with Gasteiger partial charge in [0.25, 0.3) is 11.8 Å². The highest BCUT2D eigenvalue weighted by Crippen LogP contribution is 2.20. The quantitative estimate of drug-likeness (QED) is 0.705. The van der Waals surface area contributed by atoms with Crippen molar-refractivity contribution in [2.75, 3.05) is 5.32 Å². The summed E-state index contributed by atoms with van der Waals surface area (Å²) >= 11 is 6.00. The number of benzene rings is 1. The van der Waals surface area contributed by atoms with Crippen molar-refractivity contribution in [3.05, 3.63) is 53.4 Å². The summed E-state index contributed by atoms with van der Waals surface area (Å²) in [5.74, 6) is -1.96. The number of carbonyl (C=O) groups is 3. The Balaban J connectivity index is 1.98. The van der Waals surface area contributed by atoms with E-state index in [1.54, 1.807) is 44.2 Å². The molecule has 7 nitrogen and oxygen atoms in total. The minimum absolute atomic E-state index is 0.0814. The number of carbonyl (C=O) groups excluding carboxylic acids is 3. The molecule has 0 bridgehead atoms. The Morgan fingerprint density at radius 3 is 2.37 bits per heavy atom. The number of furan rings is 1. The molecule has 0 aliphatic rings. The van der Waals surface area contributed by atoms with E-state index in [4.69, 9.17) is 20.8 Å². The van der Waals surface area contributed by atoms with E-state index < -0.39 is 29.9 Å². The summed E-state index contributed by atoms with van der Waals surface area (Å²) < 4.78 is 10.2. The van der Waals surface area contributed by atoms with Crippen LogP contribution < -0.4 is 10.6 Å². The van der Waals surface area contributed by atoms with E-state index in [1.165, 1.54) is 19.3 Å². The molecule has 1 aromatic heterocycles. The smallest absolute Gasteiger partial charge is 0.329 e. The van der Waals surface area contributed by atoms with Gasteiger partial charge >= 0.3 is 5.97 Å². The molecule has 0 aliphatic carbocycles. The first-order valence-corrected chi connectivity index (χ1v) is 8.77. The maximum Gasteiger partial charge on any atom is 0.329 e. The Labute approximate surface area is 162 Å². The van der Waals surface area contributed by atoms with Gasteiger partial charge in [-0.05, 0) is 37.1 Å². The zero-order chi connectivity index (χ0) is 20.0. The van der Waals surface area contributed by atoms with Gasteiger partial charge < -0.3 is 19.8 Å². The summed E-state index contributed by atoms with van der Waals surface area (Å²) in [7, 11) is 0. The van der Waals surface area contributed by atoms with Gasteiger partial charge in [-0.3, -0.25) is 9.59 Å². The topological polar surface area (TPSA) is 97.6 Å². The fraction of sp³-hybridized carbons (Fsp3) is 0.316. The molecule has 1 heterocycles. The first kappa shape index (κ1) is 20.5. The number of hydrogen-bond acceptors (Lipinski definition) is 5. The van der Waals surface area contributed by atoms with Crippen molar-refractivity contribution in [2.24, 2.45) is 5.92 Å². The maximum absolute atomic E-state index is 12.5. The fourth-order valence-corrected chi connectivity index (χ4v) is 2.40. The number of anilines is 1. The summed E-state index contributed by atoms with van der Waals surface area (Å²) in [5.41, 5.74) is 0.415. The van der Waals surface area contributed by atoms with E-state index in [0.29, 0.717) is 10.7 Å². The van der Waals surface area contributed by atoms with Crippen LogP contribution in [0.1, 0.15) is 31.3 Å². The summed E-state index contributed by atoms with van der Waals surface area (Å²) in [4.78, 5) is 36.8. The molecule has 0 spiro atoms. The van der Waals surface area contributed by atoms with Gasteiger partial charge in [0.15, 0.2) is 11.9 Å². The van der Waals surface area contributed by atoms with Crippen molar-refractivity contribution in [3.63, 3.8) is 0 Å². The molecule has 0 fully saturated rings. The SMILES string of the molecule is CC(OC(=O)[C@@H](NC(=O)c1ccco1)C(C)C)C(=O)Nc1ccccc1Cl. The van der Waals surface area contributed by atoms with E-state index >= 15 is 0 Å². The second-order valence-electron chi connectivity index (χ2n) is 6.22. The highest BCUT2D eigenvalue weighted by molar-refractivity contribution is 6.33. The Kier molecular flexibility index (Phi) is 7.01. The number of para-hydroxylation sites is 1. The standard InChI is InChI=1S/C19H21ClN2O5/c1-11(2)16(22-18(24)15-9-6-10-26-15)19(25)27-12(3)17(23)21-14-8-5-4-7-13(14)20/h4-12,16H,1-3H3,(H,21,23)(H,22,24)/t12?,16-/m0/s1. The van der Waals surface area contributed by atoms with Crippen molar-refractivity contribution in [2.45, 2.75) is 32.9 Å². The van der Waals surface area contributed by atoms with E-state index in [-0.39, 0.29) is 11.7 Å². The first-order chi connectivity index (χ1) is 12.8. The number of esters is 1. The number of halogens is 1. The summed E-state index contributed by atoms with van der Waals surface area (Å²) in [6.07, 6.45) is 0.286. The molecule has 2 rings (SSSR count). The molecule has 8 heteroatoms. The van der Waals surface area contributed by atoms with Crippen LogP contribution in [0.4, 0.5) is 5.69 Å². The van der Waals surface area contributed by atoms with Crippen molar-refractivity contribution in [1.82, 2.24) is 5.32 Å². The number of hydrogen-bond donors (Lipinski definition) is 2. The van der Waals surface area contributed by atoms with Crippen molar-refractivity contribution in [3.8, 4) is 0 Å². The van der Waals surface area contributed by atoms with Crippen LogP contribution in [0.25, 0.3) is 0 Å². The Morgan fingerprint density at radius 1 is 1.07 bits per heavy atom. The maximum atomic E-state index is 12.5. The third kappa shape index (κ3) is 5.59. The second-order valence-corrected chi connectivity index (χ2v) is 6.63. The highest BCUT2D eigenvalue weighted by atomic mass is 35.5. The molecule has 0 saturated heterocycles. The molecule has 1 aromatic carbocycles. The third-order valence-corrected chi connectivity index (χ3v) is 4.08. The van der Waals surface area contributed by atoms with Crippen LogP contribution >= 0.6 is 11.6 Å². The molecule has 0 radical (unpaired) electrons. The van der Waals surface area contributed by atoms with Crippen molar-refractivity contribution in [1.29, 1.82) is 0 Å². The molecule has 2 atom stereocenters. The van der Waals surface area contributed by atoms with Crippen LogP contribution in [-0.4, -0.2) is 29.9 Å². The molecule has 0 saturated carbocycles. The molecular formula is C19H21ClN2O5. The van der Waals surface area contributed by atoms with Gasteiger partial charge in [-0.1, -0.05) is 37.6 Å². The molecule has 27 heavy (non-hydrogen) atoms. The van der Waals surface area contributed by atoms with Gasteiger partial charge in [0.1, 0.15) is 6.04 Å².